The Morgan fingerprint density at radius 1 is 1.03 bits per heavy atom. The predicted molar refractivity (Wildman–Crippen MR) is 120 cm³/mol. The Morgan fingerprint density at radius 2 is 1.83 bits per heavy atom. The summed E-state index contributed by atoms with van der Waals surface area (Å²) in [4.78, 5) is 14.8. The smallest absolute Gasteiger partial charge is 0.138 e. The van der Waals surface area contributed by atoms with Gasteiger partial charge in [0.2, 0.25) is 0 Å². The summed E-state index contributed by atoms with van der Waals surface area (Å²) in [6.07, 6.45) is 6.44. The largest absolute Gasteiger partial charge is 0.381 e. The van der Waals surface area contributed by atoms with Crippen molar-refractivity contribution in [2.24, 2.45) is 0 Å². The van der Waals surface area contributed by atoms with Crippen LogP contribution in [-0.4, -0.2) is 46.2 Å². The van der Waals surface area contributed by atoms with E-state index in [2.05, 4.69) is 66.1 Å². The van der Waals surface area contributed by atoms with E-state index in [9.17, 15) is 0 Å². The Labute approximate surface area is 178 Å². The van der Waals surface area contributed by atoms with Crippen LogP contribution in [0, 0.1) is 0 Å². The molecule has 1 saturated heterocycles. The third-order valence-electron chi connectivity index (χ3n) is 5.86. The number of nitrogens with one attached hydrogen (secondary N) is 1. The highest BCUT2D eigenvalue weighted by Crippen LogP contribution is 2.29. The van der Waals surface area contributed by atoms with E-state index < -0.39 is 0 Å². The van der Waals surface area contributed by atoms with Gasteiger partial charge in [0.25, 0.3) is 0 Å². The van der Waals surface area contributed by atoms with Crippen LogP contribution >= 0.6 is 15.9 Å². The second-order valence-electron chi connectivity index (χ2n) is 7.71. The van der Waals surface area contributed by atoms with Crippen molar-refractivity contribution in [1.29, 1.82) is 0 Å². The first-order valence-electron chi connectivity index (χ1n) is 9.97. The number of halogens is 1. The van der Waals surface area contributed by atoms with E-state index in [4.69, 9.17) is 4.74 Å². The topological polar surface area (TPSA) is 54.0 Å². The Balaban J connectivity index is 1.37. The summed E-state index contributed by atoms with van der Waals surface area (Å²) >= 11 is 3.47. The number of aromatic nitrogens is 3. The van der Waals surface area contributed by atoms with Gasteiger partial charge in [-0.3, -0.25) is 4.90 Å². The molecule has 0 spiro atoms. The number of nitrogens with zero attached hydrogens (tertiary/aromatic N) is 3. The van der Waals surface area contributed by atoms with Crippen molar-refractivity contribution in [3.05, 3.63) is 59.0 Å². The number of ether oxygens (including phenoxy) is 1. The molecular weight excluding hydrogens is 428 g/mol. The molecule has 0 radical (unpaired) electrons. The van der Waals surface area contributed by atoms with Crippen LogP contribution in [-0.2, 0) is 11.3 Å². The molecule has 1 aliphatic heterocycles. The number of fused-ring (bicyclic) bond motifs is 3. The molecule has 6 heteroatoms. The number of benzene rings is 1. The monoisotopic (exact) mass is 450 g/mol. The van der Waals surface area contributed by atoms with E-state index in [1.165, 1.54) is 11.1 Å². The summed E-state index contributed by atoms with van der Waals surface area (Å²) in [6, 6.07) is 13.1. The lowest BCUT2D eigenvalue weighted by molar-refractivity contribution is 0.0389. The van der Waals surface area contributed by atoms with E-state index >= 15 is 0 Å². The molecule has 1 aliphatic rings. The van der Waals surface area contributed by atoms with Crippen LogP contribution in [0.2, 0.25) is 0 Å². The summed E-state index contributed by atoms with van der Waals surface area (Å²) in [7, 11) is 1.82. The molecule has 5 rings (SSSR count). The summed E-state index contributed by atoms with van der Waals surface area (Å²) in [5.41, 5.74) is 5.54. The van der Waals surface area contributed by atoms with Gasteiger partial charge in [0.05, 0.1) is 17.8 Å². The number of pyridine rings is 2. The fraction of sp³-hybridized carbons (Fsp3) is 0.304. The molecule has 1 aromatic carbocycles. The molecule has 5 nitrogen and oxygen atoms in total. The van der Waals surface area contributed by atoms with Gasteiger partial charge in [-0.2, -0.15) is 0 Å². The normalized spacial score (nSPS) is 16.1. The fourth-order valence-corrected chi connectivity index (χ4v) is 4.50. The van der Waals surface area contributed by atoms with Crippen LogP contribution in [0.3, 0.4) is 0 Å². The van der Waals surface area contributed by atoms with Crippen molar-refractivity contribution in [1.82, 2.24) is 19.9 Å². The van der Waals surface area contributed by atoms with E-state index in [0.29, 0.717) is 6.10 Å². The van der Waals surface area contributed by atoms with Crippen LogP contribution in [0.25, 0.3) is 33.1 Å². The third-order valence-corrected chi connectivity index (χ3v) is 6.30. The standard InChI is InChI=1S/C23H23BrN4O/c1-29-18-6-8-28(9-7-18)14-15-2-4-16(5-3-15)17-10-20-19-11-22(24)25-13-21(19)27-23(20)26-12-17/h2-5,10-13,18H,6-9,14H2,1H3,(H,26,27). The highest BCUT2D eigenvalue weighted by molar-refractivity contribution is 9.10. The van der Waals surface area contributed by atoms with Gasteiger partial charge in [0, 0.05) is 49.3 Å². The SMILES string of the molecule is COC1CCN(Cc2ccc(-c3cnc4[nH]c5cnc(Br)cc5c4c3)cc2)CC1. The van der Waals surface area contributed by atoms with Crippen molar-refractivity contribution in [3.63, 3.8) is 0 Å². The Morgan fingerprint density at radius 3 is 2.59 bits per heavy atom. The van der Waals surface area contributed by atoms with Crippen LogP contribution in [0.15, 0.2) is 53.4 Å². The van der Waals surface area contributed by atoms with Crippen molar-refractivity contribution in [2.75, 3.05) is 20.2 Å². The zero-order valence-electron chi connectivity index (χ0n) is 16.4. The highest BCUT2D eigenvalue weighted by Gasteiger charge is 2.18. The number of piperidine rings is 1. The minimum Gasteiger partial charge on any atom is -0.381 e. The maximum absolute atomic E-state index is 5.47. The predicted octanol–water partition coefficient (Wildman–Crippen LogP) is 5.15. The minimum atomic E-state index is 0.428. The molecular formula is C23H23BrN4O. The van der Waals surface area contributed by atoms with Gasteiger partial charge in [-0.15, -0.1) is 0 Å². The zero-order valence-corrected chi connectivity index (χ0v) is 17.9. The summed E-state index contributed by atoms with van der Waals surface area (Å²) < 4.78 is 6.30. The molecule has 0 aliphatic carbocycles. The second kappa shape index (κ2) is 7.86. The molecule has 1 fully saturated rings. The van der Waals surface area contributed by atoms with E-state index in [1.54, 1.807) is 0 Å². The molecule has 3 aromatic heterocycles. The highest BCUT2D eigenvalue weighted by atomic mass is 79.9. The number of rotatable bonds is 4. The van der Waals surface area contributed by atoms with Crippen LogP contribution < -0.4 is 0 Å². The number of hydrogen-bond acceptors (Lipinski definition) is 4. The molecule has 4 heterocycles. The number of hydrogen-bond donors (Lipinski definition) is 1. The first kappa shape index (κ1) is 18.7. The molecule has 4 aromatic rings. The van der Waals surface area contributed by atoms with Crippen LogP contribution in [0.1, 0.15) is 18.4 Å². The third kappa shape index (κ3) is 3.80. The Hall–Kier alpha value is -2.28. The molecule has 148 valence electrons. The molecule has 1 N–H and O–H groups in total. The van der Waals surface area contributed by atoms with Gasteiger partial charge >= 0.3 is 0 Å². The average Bonchev–Trinajstić information content (AvgIpc) is 3.12. The number of likely N-dealkylation sites (tertiary alicyclic amines) is 1. The van der Waals surface area contributed by atoms with Gasteiger partial charge in [-0.05, 0) is 52.0 Å². The van der Waals surface area contributed by atoms with Crippen molar-refractivity contribution in [3.8, 4) is 11.1 Å². The zero-order chi connectivity index (χ0) is 19.8. The maximum atomic E-state index is 5.47. The summed E-state index contributed by atoms with van der Waals surface area (Å²) in [5, 5.41) is 2.25. The molecule has 0 amide bonds. The van der Waals surface area contributed by atoms with Gasteiger partial charge < -0.3 is 9.72 Å². The molecule has 0 unspecified atom stereocenters. The van der Waals surface area contributed by atoms with Gasteiger partial charge in [-0.1, -0.05) is 24.3 Å². The lowest BCUT2D eigenvalue weighted by atomic mass is 10.0. The van der Waals surface area contributed by atoms with Crippen molar-refractivity contribution in [2.45, 2.75) is 25.5 Å². The summed E-state index contributed by atoms with van der Waals surface area (Å²) in [6.45, 7) is 3.20. The summed E-state index contributed by atoms with van der Waals surface area (Å²) in [5.74, 6) is 0. The number of methoxy groups -OCH3 is 1. The molecule has 0 atom stereocenters. The fourth-order valence-electron chi connectivity index (χ4n) is 4.17. The van der Waals surface area contributed by atoms with E-state index in [0.717, 1.165) is 64.6 Å². The average molecular weight is 451 g/mol. The van der Waals surface area contributed by atoms with E-state index in [1.807, 2.05) is 25.6 Å². The van der Waals surface area contributed by atoms with E-state index in [-0.39, 0.29) is 0 Å². The minimum absolute atomic E-state index is 0.428. The lowest BCUT2D eigenvalue weighted by Crippen LogP contribution is -2.36. The van der Waals surface area contributed by atoms with Crippen LogP contribution in [0.5, 0.6) is 0 Å². The van der Waals surface area contributed by atoms with Gasteiger partial charge in [0.15, 0.2) is 0 Å². The second-order valence-corrected chi connectivity index (χ2v) is 8.52. The van der Waals surface area contributed by atoms with Gasteiger partial charge in [0.1, 0.15) is 10.3 Å². The van der Waals surface area contributed by atoms with Crippen molar-refractivity contribution < 1.29 is 4.74 Å². The van der Waals surface area contributed by atoms with Crippen molar-refractivity contribution >= 4 is 37.9 Å². The Kier molecular flexibility index (Phi) is 5.08. The first-order valence-corrected chi connectivity index (χ1v) is 10.8. The molecule has 0 saturated carbocycles. The quantitative estimate of drug-likeness (QED) is 0.436. The van der Waals surface area contributed by atoms with Crippen LogP contribution in [0.4, 0.5) is 0 Å². The number of aromatic amines is 1. The maximum Gasteiger partial charge on any atom is 0.138 e. The first-order chi connectivity index (χ1) is 14.2. The molecule has 0 bridgehead atoms. The Bertz CT molecular complexity index is 1150. The van der Waals surface area contributed by atoms with Gasteiger partial charge in [-0.25, -0.2) is 9.97 Å². The number of H-pyrrole nitrogens is 1. The molecule has 29 heavy (non-hydrogen) atoms. The lowest BCUT2D eigenvalue weighted by Gasteiger charge is -2.31.